The summed E-state index contributed by atoms with van der Waals surface area (Å²) in [5, 5.41) is 14.3. The Morgan fingerprint density at radius 3 is 2.92 bits per heavy atom. The zero-order chi connectivity index (χ0) is 17.6. The number of rotatable bonds is 7. The van der Waals surface area contributed by atoms with Crippen LogP contribution in [-0.2, 0) is 6.42 Å². The summed E-state index contributed by atoms with van der Waals surface area (Å²) >= 11 is 11.9. The standard InChI is InChI=1S/C19H21Cl2NO3/c20-15-5-6-19(17(21)8-15)25-12-16(23)10-22-9-13-7-14-3-1-2-4-18(14)24-11-13/h1-6,8,13,16,22-23H,7,9-12H2. The lowest BCUT2D eigenvalue weighted by atomic mass is 9.97. The second-order valence-electron chi connectivity index (χ2n) is 6.19. The van der Waals surface area contributed by atoms with E-state index < -0.39 is 6.10 Å². The molecule has 0 saturated heterocycles. The minimum atomic E-state index is -0.622. The van der Waals surface area contributed by atoms with Gasteiger partial charge in [-0.1, -0.05) is 41.4 Å². The fourth-order valence-electron chi connectivity index (χ4n) is 2.81. The SMILES string of the molecule is OC(CNCC1COc2ccccc2C1)COc1ccc(Cl)cc1Cl. The first-order chi connectivity index (χ1) is 12.1. The lowest BCUT2D eigenvalue weighted by molar-refractivity contribution is 0.104. The van der Waals surface area contributed by atoms with Crippen molar-refractivity contribution in [3.63, 3.8) is 0 Å². The predicted molar refractivity (Wildman–Crippen MR) is 100.0 cm³/mol. The molecule has 2 aromatic rings. The summed E-state index contributed by atoms with van der Waals surface area (Å²) in [5.41, 5.74) is 1.24. The molecule has 1 heterocycles. The minimum Gasteiger partial charge on any atom is -0.493 e. The van der Waals surface area contributed by atoms with E-state index in [-0.39, 0.29) is 6.61 Å². The predicted octanol–water partition coefficient (Wildman–Crippen LogP) is 3.57. The van der Waals surface area contributed by atoms with Gasteiger partial charge in [-0.3, -0.25) is 0 Å². The Kier molecular flexibility index (Phi) is 6.43. The first-order valence-corrected chi connectivity index (χ1v) is 9.04. The van der Waals surface area contributed by atoms with Gasteiger partial charge >= 0.3 is 0 Å². The summed E-state index contributed by atoms with van der Waals surface area (Å²) in [4.78, 5) is 0. The van der Waals surface area contributed by atoms with Crippen LogP contribution in [0.5, 0.6) is 11.5 Å². The van der Waals surface area contributed by atoms with Gasteiger partial charge in [0.1, 0.15) is 24.2 Å². The summed E-state index contributed by atoms with van der Waals surface area (Å²) in [6.07, 6.45) is 0.361. The molecule has 134 valence electrons. The van der Waals surface area contributed by atoms with Gasteiger partial charge in [0, 0.05) is 24.0 Å². The van der Waals surface area contributed by atoms with E-state index in [2.05, 4.69) is 11.4 Å². The van der Waals surface area contributed by atoms with Crippen LogP contribution in [0.2, 0.25) is 10.0 Å². The summed E-state index contributed by atoms with van der Waals surface area (Å²) in [6.45, 7) is 2.09. The highest BCUT2D eigenvalue weighted by Crippen LogP contribution is 2.28. The number of ether oxygens (including phenoxy) is 2. The molecule has 0 radical (unpaired) electrons. The van der Waals surface area contributed by atoms with E-state index in [0.717, 1.165) is 18.7 Å². The van der Waals surface area contributed by atoms with Crippen LogP contribution in [0.25, 0.3) is 0 Å². The molecule has 1 aliphatic heterocycles. The molecule has 0 aliphatic carbocycles. The maximum Gasteiger partial charge on any atom is 0.138 e. The average Bonchev–Trinajstić information content (AvgIpc) is 2.61. The third-order valence-electron chi connectivity index (χ3n) is 4.09. The molecule has 0 fully saturated rings. The zero-order valence-corrected chi connectivity index (χ0v) is 15.3. The molecule has 0 aromatic heterocycles. The third-order valence-corrected chi connectivity index (χ3v) is 4.62. The topological polar surface area (TPSA) is 50.7 Å². The van der Waals surface area contributed by atoms with Gasteiger partial charge in [0.15, 0.2) is 0 Å². The van der Waals surface area contributed by atoms with Crippen LogP contribution in [0.1, 0.15) is 5.56 Å². The number of hydrogen-bond donors (Lipinski definition) is 2. The van der Waals surface area contributed by atoms with Crippen LogP contribution in [0, 0.1) is 5.92 Å². The monoisotopic (exact) mass is 381 g/mol. The first kappa shape index (κ1) is 18.3. The average molecular weight is 382 g/mol. The highest BCUT2D eigenvalue weighted by molar-refractivity contribution is 6.35. The first-order valence-electron chi connectivity index (χ1n) is 8.29. The molecule has 3 rings (SSSR count). The number of hydrogen-bond acceptors (Lipinski definition) is 4. The van der Waals surface area contributed by atoms with E-state index in [9.17, 15) is 5.11 Å². The van der Waals surface area contributed by atoms with Crippen LogP contribution < -0.4 is 14.8 Å². The molecule has 2 unspecified atom stereocenters. The molecule has 2 N–H and O–H groups in total. The third kappa shape index (κ3) is 5.25. The number of fused-ring (bicyclic) bond motifs is 1. The lowest BCUT2D eigenvalue weighted by Gasteiger charge is -2.25. The second-order valence-corrected chi connectivity index (χ2v) is 7.03. The van der Waals surface area contributed by atoms with Crippen molar-refractivity contribution in [3.8, 4) is 11.5 Å². The molecule has 1 aliphatic rings. The fourth-order valence-corrected chi connectivity index (χ4v) is 3.28. The molecule has 0 bridgehead atoms. The molecule has 0 spiro atoms. The van der Waals surface area contributed by atoms with Gasteiger partial charge in [0.2, 0.25) is 0 Å². The molecular formula is C19H21Cl2NO3. The number of nitrogens with one attached hydrogen (secondary N) is 1. The number of para-hydroxylation sites is 1. The van der Waals surface area contributed by atoms with Gasteiger partial charge in [-0.15, -0.1) is 0 Å². The van der Waals surface area contributed by atoms with E-state index in [1.54, 1.807) is 18.2 Å². The number of halogens is 2. The van der Waals surface area contributed by atoms with Crippen molar-refractivity contribution in [2.24, 2.45) is 5.92 Å². The Balaban J connectivity index is 1.38. The van der Waals surface area contributed by atoms with Crippen molar-refractivity contribution in [1.82, 2.24) is 5.32 Å². The van der Waals surface area contributed by atoms with E-state index in [0.29, 0.717) is 34.9 Å². The number of aliphatic hydroxyl groups excluding tert-OH is 1. The van der Waals surface area contributed by atoms with Crippen molar-refractivity contribution >= 4 is 23.2 Å². The van der Waals surface area contributed by atoms with Crippen molar-refractivity contribution in [1.29, 1.82) is 0 Å². The maximum atomic E-state index is 10.1. The Morgan fingerprint density at radius 1 is 1.24 bits per heavy atom. The van der Waals surface area contributed by atoms with Crippen molar-refractivity contribution < 1.29 is 14.6 Å². The zero-order valence-electron chi connectivity index (χ0n) is 13.8. The Hall–Kier alpha value is -1.46. The van der Waals surface area contributed by atoms with Gasteiger partial charge in [-0.2, -0.15) is 0 Å². The molecule has 0 amide bonds. The molecule has 2 aromatic carbocycles. The molecule has 2 atom stereocenters. The summed E-state index contributed by atoms with van der Waals surface area (Å²) in [5.74, 6) is 1.89. The van der Waals surface area contributed by atoms with Crippen molar-refractivity contribution in [2.75, 3.05) is 26.3 Å². The Bertz CT molecular complexity index is 711. The van der Waals surface area contributed by atoms with E-state index in [1.807, 2.05) is 18.2 Å². The highest BCUT2D eigenvalue weighted by atomic mass is 35.5. The quantitative estimate of drug-likeness (QED) is 0.769. The summed E-state index contributed by atoms with van der Waals surface area (Å²) in [7, 11) is 0. The number of aliphatic hydroxyl groups is 1. The van der Waals surface area contributed by atoms with E-state index in [1.165, 1.54) is 5.56 Å². The molecule has 6 heteroatoms. The van der Waals surface area contributed by atoms with Crippen molar-refractivity contribution in [3.05, 3.63) is 58.1 Å². The Labute approximate surface area is 157 Å². The number of benzene rings is 2. The largest absolute Gasteiger partial charge is 0.493 e. The minimum absolute atomic E-state index is 0.165. The van der Waals surface area contributed by atoms with E-state index >= 15 is 0 Å². The van der Waals surface area contributed by atoms with Crippen LogP contribution >= 0.6 is 23.2 Å². The lowest BCUT2D eigenvalue weighted by Crippen LogP contribution is -2.37. The molecular weight excluding hydrogens is 361 g/mol. The smallest absolute Gasteiger partial charge is 0.138 e. The summed E-state index contributed by atoms with van der Waals surface area (Å²) < 4.78 is 11.3. The fraction of sp³-hybridized carbons (Fsp3) is 0.368. The normalized spacial score (nSPS) is 17.5. The van der Waals surface area contributed by atoms with Crippen molar-refractivity contribution in [2.45, 2.75) is 12.5 Å². The van der Waals surface area contributed by atoms with Gasteiger partial charge in [-0.05, 0) is 36.2 Å². The molecule has 4 nitrogen and oxygen atoms in total. The Morgan fingerprint density at radius 2 is 2.08 bits per heavy atom. The van der Waals surface area contributed by atoms with Gasteiger partial charge < -0.3 is 19.9 Å². The second kappa shape index (κ2) is 8.77. The van der Waals surface area contributed by atoms with E-state index in [4.69, 9.17) is 32.7 Å². The molecule has 25 heavy (non-hydrogen) atoms. The highest BCUT2D eigenvalue weighted by Gasteiger charge is 2.19. The summed E-state index contributed by atoms with van der Waals surface area (Å²) in [6, 6.07) is 13.1. The van der Waals surface area contributed by atoms with Gasteiger partial charge in [0.05, 0.1) is 11.6 Å². The van der Waals surface area contributed by atoms with Gasteiger partial charge in [-0.25, -0.2) is 0 Å². The molecule has 0 saturated carbocycles. The maximum absolute atomic E-state index is 10.1. The van der Waals surface area contributed by atoms with Crippen LogP contribution in [0.4, 0.5) is 0 Å². The van der Waals surface area contributed by atoms with Crippen LogP contribution in [0.15, 0.2) is 42.5 Å². The van der Waals surface area contributed by atoms with Gasteiger partial charge in [0.25, 0.3) is 0 Å². The van der Waals surface area contributed by atoms with Crippen LogP contribution in [0.3, 0.4) is 0 Å². The van der Waals surface area contributed by atoms with Crippen LogP contribution in [-0.4, -0.2) is 37.5 Å².